The van der Waals surface area contributed by atoms with Gasteiger partial charge in [-0.15, -0.1) is 0 Å². The Kier molecular flexibility index (Phi) is 5.55. The van der Waals surface area contributed by atoms with Crippen LogP contribution in [0.25, 0.3) is 0 Å². The predicted octanol–water partition coefficient (Wildman–Crippen LogP) is 3.41. The first kappa shape index (κ1) is 18.3. The van der Waals surface area contributed by atoms with Crippen molar-refractivity contribution in [3.8, 4) is 6.07 Å². The quantitative estimate of drug-likeness (QED) is 0.884. The van der Waals surface area contributed by atoms with E-state index < -0.39 is 11.7 Å². The molecule has 0 saturated carbocycles. The fraction of sp³-hybridized carbons (Fsp3) is 0.588. The van der Waals surface area contributed by atoms with Gasteiger partial charge in [0, 0.05) is 19.1 Å². The number of anilines is 1. The molecule has 1 aliphatic rings. The average Bonchev–Trinajstić information content (AvgIpc) is 2.48. The van der Waals surface area contributed by atoms with Crippen molar-refractivity contribution in [3.63, 3.8) is 0 Å². The van der Waals surface area contributed by atoms with Gasteiger partial charge in [0.1, 0.15) is 11.7 Å². The summed E-state index contributed by atoms with van der Waals surface area (Å²) < 4.78 is 5.32. The molecule has 1 aromatic heterocycles. The second-order valence-electron chi connectivity index (χ2n) is 6.97. The molecule has 7 heteroatoms. The molecule has 24 heavy (non-hydrogen) atoms. The highest BCUT2D eigenvalue weighted by atomic mass is 35.5. The van der Waals surface area contributed by atoms with Crippen molar-refractivity contribution < 1.29 is 9.53 Å². The number of nitriles is 1. The van der Waals surface area contributed by atoms with Crippen LogP contribution < -0.4 is 10.2 Å². The first-order valence-electron chi connectivity index (χ1n) is 8.01. The molecule has 2 rings (SSSR count). The minimum absolute atomic E-state index is 0.00224. The van der Waals surface area contributed by atoms with E-state index in [2.05, 4.69) is 15.2 Å². The van der Waals surface area contributed by atoms with Crippen LogP contribution in [0.1, 0.15) is 44.9 Å². The van der Waals surface area contributed by atoms with Crippen LogP contribution in [0.5, 0.6) is 0 Å². The largest absolute Gasteiger partial charge is 0.444 e. The minimum Gasteiger partial charge on any atom is -0.444 e. The van der Waals surface area contributed by atoms with E-state index in [4.69, 9.17) is 21.6 Å². The van der Waals surface area contributed by atoms with Gasteiger partial charge in [0.25, 0.3) is 0 Å². The summed E-state index contributed by atoms with van der Waals surface area (Å²) >= 11 is 6.21. The van der Waals surface area contributed by atoms with E-state index in [1.807, 2.05) is 33.8 Å². The van der Waals surface area contributed by atoms with E-state index in [-0.39, 0.29) is 11.7 Å². The van der Waals surface area contributed by atoms with Gasteiger partial charge in [-0.25, -0.2) is 9.78 Å². The number of carbonyl (C=O) groups is 1. The van der Waals surface area contributed by atoms with Crippen molar-refractivity contribution in [1.82, 2.24) is 10.3 Å². The molecule has 0 aliphatic carbocycles. The number of hydrogen-bond donors (Lipinski definition) is 1. The second kappa shape index (κ2) is 7.27. The molecule has 1 aliphatic heterocycles. The molecule has 1 aromatic rings. The summed E-state index contributed by atoms with van der Waals surface area (Å²) in [6, 6.07) is 1.99. The Morgan fingerprint density at radius 1 is 1.54 bits per heavy atom. The Bertz CT molecular complexity index is 664. The molecule has 1 atom stereocenters. The highest BCUT2D eigenvalue weighted by molar-refractivity contribution is 6.32. The van der Waals surface area contributed by atoms with Crippen LogP contribution in [-0.2, 0) is 4.74 Å². The summed E-state index contributed by atoms with van der Waals surface area (Å²) in [6.07, 6.45) is 3.11. The zero-order chi connectivity index (χ0) is 17.9. The number of pyridine rings is 1. The zero-order valence-electron chi connectivity index (χ0n) is 14.5. The molecule has 1 N–H and O–H groups in total. The number of aromatic nitrogens is 1. The van der Waals surface area contributed by atoms with Crippen LogP contribution in [0.4, 0.5) is 10.5 Å². The molecule has 1 fully saturated rings. The van der Waals surface area contributed by atoms with Gasteiger partial charge in [-0.05, 0) is 46.1 Å². The van der Waals surface area contributed by atoms with Gasteiger partial charge >= 0.3 is 6.09 Å². The molecule has 0 unspecified atom stereocenters. The first-order chi connectivity index (χ1) is 11.2. The zero-order valence-corrected chi connectivity index (χ0v) is 15.3. The number of alkyl carbamates (subject to hydrolysis) is 1. The van der Waals surface area contributed by atoms with Gasteiger partial charge in [0.2, 0.25) is 0 Å². The highest BCUT2D eigenvalue weighted by Crippen LogP contribution is 2.29. The predicted molar refractivity (Wildman–Crippen MR) is 93.3 cm³/mol. The number of nitrogens with one attached hydrogen (secondary N) is 1. The second-order valence-corrected chi connectivity index (χ2v) is 7.35. The van der Waals surface area contributed by atoms with Gasteiger partial charge in [0.15, 0.2) is 5.69 Å². The number of ether oxygens (including phenoxy) is 1. The van der Waals surface area contributed by atoms with Crippen LogP contribution in [0.15, 0.2) is 6.20 Å². The summed E-state index contributed by atoms with van der Waals surface area (Å²) in [6.45, 7) is 8.92. The molecule has 0 radical (unpaired) electrons. The van der Waals surface area contributed by atoms with Crippen LogP contribution >= 0.6 is 11.6 Å². The summed E-state index contributed by atoms with van der Waals surface area (Å²) in [5.41, 5.74) is 1.45. The van der Waals surface area contributed by atoms with Crippen molar-refractivity contribution in [3.05, 3.63) is 22.5 Å². The van der Waals surface area contributed by atoms with Crippen LogP contribution in [0.2, 0.25) is 5.02 Å². The number of piperidine rings is 1. The Hall–Kier alpha value is -2.00. The maximum absolute atomic E-state index is 12.0. The Labute approximate surface area is 147 Å². The van der Waals surface area contributed by atoms with E-state index in [1.165, 1.54) is 0 Å². The smallest absolute Gasteiger partial charge is 0.407 e. The number of halogens is 1. The third-order valence-electron chi connectivity index (χ3n) is 3.83. The van der Waals surface area contributed by atoms with E-state index in [1.54, 1.807) is 6.20 Å². The third kappa shape index (κ3) is 4.51. The molecule has 1 saturated heterocycles. The fourth-order valence-electron chi connectivity index (χ4n) is 2.75. The van der Waals surface area contributed by atoms with Crippen LogP contribution in [0, 0.1) is 18.3 Å². The van der Waals surface area contributed by atoms with Crippen molar-refractivity contribution >= 4 is 23.4 Å². The lowest BCUT2D eigenvalue weighted by Gasteiger charge is -2.35. The fourth-order valence-corrected chi connectivity index (χ4v) is 2.94. The first-order valence-corrected chi connectivity index (χ1v) is 8.38. The van der Waals surface area contributed by atoms with E-state index in [0.29, 0.717) is 11.6 Å². The van der Waals surface area contributed by atoms with Crippen molar-refractivity contribution in [2.24, 2.45) is 0 Å². The standard InChI is InChI=1S/C17H23ClN4O2/c1-11-14(9-20-13(8-19)15(11)18)22-7-5-6-12(10-22)21-16(23)24-17(2,3)4/h9,12H,5-7,10H2,1-4H3,(H,21,23)/t12-/m1/s1. The van der Waals surface area contributed by atoms with Crippen molar-refractivity contribution in [2.75, 3.05) is 18.0 Å². The highest BCUT2D eigenvalue weighted by Gasteiger charge is 2.26. The Morgan fingerprint density at radius 3 is 2.88 bits per heavy atom. The van der Waals surface area contributed by atoms with E-state index in [0.717, 1.165) is 30.6 Å². The van der Waals surface area contributed by atoms with Crippen LogP contribution in [0.3, 0.4) is 0 Å². The molecule has 0 bridgehead atoms. The van der Waals surface area contributed by atoms with Crippen LogP contribution in [-0.4, -0.2) is 35.8 Å². The lowest BCUT2D eigenvalue weighted by molar-refractivity contribution is 0.0500. The van der Waals surface area contributed by atoms with Gasteiger partial charge in [-0.3, -0.25) is 0 Å². The van der Waals surface area contributed by atoms with Gasteiger partial charge in [0.05, 0.1) is 16.9 Å². The number of nitrogens with zero attached hydrogens (tertiary/aromatic N) is 3. The number of rotatable bonds is 2. The molecule has 1 amide bonds. The number of amides is 1. The van der Waals surface area contributed by atoms with Crippen molar-refractivity contribution in [2.45, 2.75) is 52.2 Å². The lowest BCUT2D eigenvalue weighted by Crippen LogP contribution is -2.49. The molecule has 6 nitrogen and oxygen atoms in total. The minimum atomic E-state index is -0.514. The molecule has 0 aromatic carbocycles. The summed E-state index contributed by atoms with van der Waals surface area (Å²) in [5, 5.41) is 12.3. The molecule has 0 spiro atoms. The monoisotopic (exact) mass is 350 g/mol. The van der Waals surface area contributed by atoms with Gasteiger partial charge < -0.3 is 15.0 Å². The van der Waals surface area contributed by atoms with Gasteiger partial charge in [-0.2, -0.15) is 5.26 Å². The summed E-state index contributed by atoms with van der Waals surface area (Å²) in [5.74, 6) is 0. The summed E-state index contributed by atoms with van der Waals surface area (Å²) in [4.78, 5) is 18.2. The molecular weight excluding hydrogens is 328 g/mol. The third-order valence-corrected chi connectivity index (χ3v) is 4.29. The van der Waals surface area contributed by atoms with E-state index >= 15 is 0 Å². The van der Waals surface area contributed by atoms with Crippen molar-refractivity contribution in [1.29, 1.82) is 5.26 Å². The molecule has 130 valence electrons. The SMILES string of the molecule is Cc1c(N2CCC[C@@H](NC(=O)OC(C)(C)C)C2)cnc(C#N)c1Cl. The van der Waals surface area contributed by atoms with E-state index in [9.17, 15) is 4.79 Å². The summed E-state index contributed by atoms with van der Waals surface area (Å²) in [7, 11) is 0. The lowest BCUT2D eigenvalue weighted by atomic mass is 10.0. The maximum Gasteiger partial charge on any atom is 0.407 e. The van der Waals surface area contributed by atoms with Gasteiger partial charge in [-0.1, -0.05) is 11.6 Å². The topological polar surface area (TPSA) is 78.2 Å². The maximum atomic E-state index is 12.0. The molecule has 2 heterocycles. The number of hydrogen-bond acceptors (Lipinski definition) is 5. The molecular formula is C17H23ClN4O2. The Balaban J connectivity index is 2.07. The normalized spacial score (nSPS) is 18.0. The average molecular weight is 351 g/mol. The Morgan fingerprint density at radius 2 is 2.25 bits per heavy atom. The number of carbonyl (C=O) groups excluding carboxylic acids is 1.